The van der Waals surface area contributed by atoms with Crippen molar-refractivity contribution in [3.05, 3.63) is 65.7 Å². The molecule has 1 aliphatic carbocycles. The first-order valence-corrected chi connectivity index (χ1v) is 9.90. The van der Waals surface area contributed by atoms with E-state index in [4.69, 9.17) is 4.74 Å². The molecule has 0 spiro atoms. The van der Waals surface area contributed by atoms with E-state index < -0.39 is 12.0 Å². The topological polar surface area (TPSA) is 75.6 Å². The quantitative estimate of drug-likeness (QED) is 0.726. The molecule has 5 heteroatoms. The Morgan fingerprint density at radius 1 is 0.964 bits per heavy atom. The van der Waals surface area contributed by atoms with Gasteiger partial charge < -0.3 is 15.2 Å². The first-order chi connectivity index (χ1) is 13.6. The highest BCUT2D eigenvalue weighted by Gasteiger charge is 2.26. The molecule has 28 heavy (non-hydrogen) atoms. The number of aliphatic carboxylic acids is 1. The summed E-state index contributed by atoms with van der Waals surface area (Å²) < 4.78 is 5.76. The Bertz CT molecular complexity index is 767. The van der Waals surface area contributed by atoms with E-state index in [1.807, 2.05) is 54.6 Å². The third-order valence-corrected chi connectivity index (χ3v) is 5.20. The number of nitrogens with one attached hydrogen (secondary N) is 1. The lowest BCUT2D eigenvalue weighted by molar-refractivity contribution is -0.142. The van der Waals surface area contributed by atoms with Gasteiger partial charge in [0.05, 0.1) is 0 Å². The number of ether oxygens (including phenoxy) is 1. The van der Waals surface area contributed by atoms with Crippen LogP contribution >= 0.6 is 0 Å². The highest BCUT2D eigenvalue weighted by atomic mass is 16.5. The van der Waals surface area contributed by atoms with Gasteiger partial charge in [-0.05, 0) is 36.1 Å². The van der Waals surface area contributed by atoms with Gasteiger partial charge >= 0.3 is 5.97 Å². The summed E-state index contributed by atoms with van der Waals surface area (Å²) in [6.45, 7) is 0.482. The van der Waals surface area contributed by atoms with Crippen LogP contribution in [-0.2, 0) is 22.6 Å². The van der Waals surface area contributed by atoms with Crippen LogP contribution in [0, 0.1) is 5.92 Å². The summed E-state index contributed by atoms with van der Waals surface area (Å²) in [5, 5.41) is 12.2. The lowest BCUT2D eigenvalue weighted by atomic mass is 9.88. The minimum absolute atomic E-state index is 0.0515. The third-order valence-electron chi connectivity index (χ3n) is 5.20. The van der Waals surface area contributed by atoms with Crippen LogP contribution in [0.5, 0.6) is 5.75 Å². The lowest BCUT2D eigenvalue weighted by Gasteiger charge is -2.23. The standard InChI is InChI=1S/C23H27NO4/c25-22(19-9-5-2-6-10-19)24-21(23(26)27)15-17-11-13-20(14-12-17)28-16-18-7-3-1-4-8-18/h1,3-4,7-8,11-14,19,21H,2,5-6,9-10,15-16H2,(H,24,25)(H,26,27)/t21-/m0/s1. The Balaban J connectivity index is 1.54. The summed E-state index contributed by atoms with van der Waals surface area (Å²) in [6, 6.07) is 16.4. The molecule has 0 aromatic heterocycles. The van der Waals surface area contributed by atoms with Gasteiger partial charge in [-0.25, -0.2) is 4.79 Å². The van der Waals surface area contributed by atoms with Crippen molar-refractivity contribution in [1.82, 2.24) is 5.32 Å². The minimum atomic E-state index is -1.01. The van der Waals surface area contributed by atoms with Crippen molar-refractivity contribution in [2.24, 2.45) is 5.92 Å². The molecule has 0 bridgehead atoms. The van der Waals surface area contributed by atoms with Crippen molar-refractivity contribution >= 4 is 11.9 Å². The maximum Gasteiger partial charge on any atom is 0.326 e. The lowest BCUT2D eigenvalue weighted by Crippen LogP contribution is -2.45. The highest BCUT2D eigenvalue weighted by molar-refractivity contribution is 5.85. The van der Waals surface area contributed by atoms with Gasteiger partial charge in [0.25, 0.3) is 0 Å². The molecule has 2 aromatic rings. The fraction of sp³-hybridized carbons (Fsp3) is 0.391. The summed E-state index contributed by atoms with van der Waals surface area (Å²) in [4.78, 5) is 24.0. The second kappa shape index (κ2) is 9.93. The molecule has 0 unspecified atom stereocenters. The van der Waals surface area contributed by atoms with Gasteiger partial charge in [0.1, 0.15) is 18.4 Å². The van der Waals surface area contributed by atoms with Crippen molar-refractivity contribution in [2.45, 2.75) is 51.2 Å². The zero-order valence-electron chi connectivity index (χ0n) is 16.0. The van der Waals surface area contributed by atoms with Gasteiger partial charge in [-0.2, -0.15) is 0 Å². The zero-order valence-corrected chi connectivity index (χ0v) is 16.0. The summed E-state index contributed by atoms with van der Waals surface area (Å²) in [5.74, 6) is -0.460. The minimum Gasteiger partial charge on any atom is -0.489 e. The monoisotopic (exact) mass is 381 g/mol. The summed E-state index contributed by atoms with van der Waals surface area (Å²) in [5.41, 5.74) is 1.94. The Hall–Kier alpha value is -2.82. The predicted octanol–water partition coefficient (Wildman–Crippen LogP) is 3.96. The number of carboxylic acid groups (broad SMARTS) is 1. The predicted molar refractivity (Wildman–Crippen MR) is 107 cm³/mol. The number of hydrogen-bond donors (Lipinski definition) is 2. The van der Waals surface area contributed by atoms with Crippen LogP contribution in [0.1, 0.15) is 43.2 Å². The molecule has 1 fully saturated rings. The van der Waals surface area contributed by atoms with E-state index >= 15 is 0 Å². The smallest absolute Gasteiger partial charge is 0.326 e. The number of carbonyl (C=O) groups excluding carboxylic acids is 1. The van der Waals surface area contributed by atoms with Crippen molar-refractivity contribution in [3.8, 4) is 5.75 Å². The largest absolute Gasteiger partial charge is 0.489 e. The van der Waals surface area contributed by atoms with Crippen LogP contribution in [0.2, 0.25) is 0 Å². The SMILES string of the molecule is O=C(N[C@@H](Cc1ccc(OCc2ccccc2)cc1)C(=O)O)C1CCCCC1. The molecule has 1 aliphatic rings. The number of carboxylic acids is 1. The van der Waals surface area contributed by atoms with Crippen LogP contribution in [0.25, 0.3) is 0 Å². The fourth-order valence-electron chi connectivity index (χ4n) is 3.55. The van der Waals surface area contributed by atoms with E-state index in [2.05, 4.69) is 5.32 Å². The Kier molecular flexibility index (Phi) is 7.06. The molecule has 0 saturated heterocycles. The van der Waals surface area contributed by atoms with E-state index in [0.717, 1.165) is 49.0 Å². The number of rotatable bonds is 8. The zero-order chi connectivity index (χ0) is 19.8. The summed E-state index contributed by atoms with van der Waals surface area (Å²) >= 11 is 0. The van der Waals surface area contributed by atoms with Crippen LogP contribution in [0.3, 0.4) is 0 Å². The second-order valence-corrected chi connectivity index (χ2v) is 7.36. The first kappa shape index (κ1) is 19.9. The maximum absolute atomic E-state index is 12.4. The van der Waals surface area contributed by atoms with Gasteiger partial charge in [0, 0.05) is 12.3 Å². The van der Waals surface area contributed by atoms with E-state index in [-0.39, 0.29) is 18.2 Å². The molecule has 148 valence electrons. The van der Waals surface area contributed by atoms with Crippen molar-refractivity contribution in [2.75, 3.05) is 0 Å². The molecule has 0 heterocycles. The molecule has 1 saturated carbocycles. The molecular formula is C23H27NO4. The molecule has 2 N–H and O–H groups in total. The van der Waals surface area contributed by atoms with Crippen LogP contribution in [0.15, 0.2) is 54.6 Å². The molecule has 2 aromatic carbocycles. The highest BCUT2D eigenvalue weighted by Crippen LogP contribution is 2.24. The molecule has 3 rings (SSSR count). The molecule has 1 atom stereocenters. The average Bonchev–Trinajstić information content (AvgIpc) is 2.74. The Morgan fingerprint density at radius 3 is 2.29 bits per heavy atom. The Morgan fingerprint density at radius 2 is 1.64 bits per heavy atom. The van der Waals surface area contributed by atoms with Crippen LogP contribution in [0.4, 0.5) is 0 Å². The maximum atomic E-state index is 12.4. The molecule has 1 amide bonds. The van der Waals surface area contributed by atoms with Gasteiger partial charge in [-0.1, -0.05) is 61.7 Å². The average molecular weight is 381 g/mol. The van der Waals surface area contributed by atoms with Gasteiger partial charge in [-0.15, -0.1) is 0 Å². The van der Waals surface area contributed by atoms with E-state index in [1.165, 1.54) is 0 Å². The number of carbonyl (C=O) groups is 2. The van der Waals surface area contributed by atoms with Gasteiger partial charge in [0.15, 0.2) is 0 Å². The van der Waals surface area contributed by atoms with Crippen molar-refractivity contribution in [3.63, 3.8) is 0 Å². The van der Waals surface area contributed by atoms with Crippen LogP contribution < -0.4 is 10.1 Å². The van der Waals surface area contributed by atoms with Crippen molar-refractivity contribution in [1.29, 1.82) is 0 Å². The van der Waals surface area contributed by atoms with Crippen LogP contribution in [-0.4, -0.2) is 23.0 Å². The normalized spacial score (nSPS) is 15.6. The molecule has 0 radical (unpaired) electrons. The Labute approximate surface area is 165 Å². The van der Waals surface area contributed by atoms with E-state index in [0.29, 0.717) is 6.61 Å². The molecule has 0 aliphatic heterocycles. The second-order valence-electron chi connectivity index (χ2n) is 7.36. The number of hydrogen-bond acceptors (Lipinski definition) is 3. The fourth-order valence-corrected chi connectivity index (χ4v) is 3.55. The van der Waals surface area contributed by atoms with Crippen molar-refractivity contribution < 1.29 is 19.4 Å². The summed E-state index contributed by atoms with van der Waals surface area (Å²) in [6.07, 6.45) is 5.20. The van der Waals surface area contributed by atoms with Gasteiger partial charge in [0.2, 0.25) is 5.91 Å². The molecular weight excluding hydrogens is 354 g/mol. The van der Waals surface area contributed by atoms with E-state index in [9.17, 15) is 14.7 Å². The first-order valence-electron chi connectivity index (χ1n) is 9.90. The third kappa shape index (κ3) is 5.84. The van der Waals surface area contributed by atoms with E-state index in [1.54, 1.807) is 0 Å². The molecule has 5 nitrogen and oxygen atoms in total. The number of benzene rings is 2. The number of amides is 1. The summed E-state index contributed by atoms with van der Waals surface area (Å²) in [7, 11) is 0. The van der Waals surface area contributed by atoms with Gasteiger partial charge in [-0.3, -0.25) is 4.79 Å².